The van der Waals surface area contributed by atoms with Crippen molar-refractivity contribution in [3.63, 3.8) is 0 Å². The lowest BCUT2D eigenvalue weighted by atomic mass is 9.99. The van der Waals surface area contributed by atoms with E-state index in [1.54, 1.807) is 6.07 Å². The molecule has 0 saturated carbocycles. The zero-order valence-electron chi connectivity index (χ0n) is 8.05. The van der Waals surface area contributed by atoms with Gasteiger partial charge in [0, 0.05) is 27.1 Å². The summed E-state index contributed by atoms with van der Waals surface area (Å²) < 4.78 is 14.7. The van der Waals surface area contributed by atoms with E-state index in [1.165, 1.54) is 13.1 Å². The second-order valence-corrected chi connectivity index (χ2v) is 4.50. The van der Waals surface area contributed by atoms with Gasteiger partial charge in [0.2, 0.25) is 0 Å². The van der Waals surface area contributed by atoms with Crippen LogP contribution in [-0.2, 0) is 10.5 Å². The summed E-state index contributed by atoms with van der Waals surface area (Å²) in [4.78, 5) is 13.6. The van der Waals surface area contributed by atoms with Gasteiger partial charge in [-0.25, -0.2) is 4.39 Å². The summed E-state index contributed by atoms with van der Waals surface area (Å²) in [5.41, 5.74) is -0.753. The molecule has 1 aromatic heterocycles. The van der Waals surface area contributed by atoms with Gasteiger partial charge in [0.05, 0.1) is 0 Å². The zero-order chi connectivity index (χ0) is 11.1. The normalized spacial score (nSPS) is 15.1. The van der Waals surface area contributed by atoms with Crippen molar-refractivity contribution in [1.29, 1.82) is 0 Å². The van der Waals surface area contributed by atoms with Crippen molar-refractivity contribution in [1.82, 2.24) is 4.98 Å². The lowest BCUT2D eigenvalue weighted by Gasteiger charge is -2.10. The quantitative estimate of drug-likeness (QED) is 0.834. The number of fused-ring (bicyclic) bond motifs is 1. The fourth-order valence-electron chi connectivity index (χ4n) is 1.57. The van der Waals surface area contributed by atoms with Gasteiger partial charge < -0.3 is 4.98 Å². The minimum atomic E-state index is -1.94. The molecule has 0 spiro atoms. The molecule has 1 heterocycles. The van der Waals surface area contributed by atoms with Crippen LogP contribution in [0.2, 0.25) is 0 Å². The number of aromatic nitrogens is 1. The number of benzene rings is 1. The van der Waals surface area contributed by atoms with Gasteiger partial charge in [0.15, 0.2) is 12.0 Å². The van der Waals surface area contributed by atoms with Gasteiger partial charge in [0.1, 0.15) is 0 Å². The highest BCUT2D eigenvalue weighted by Gasteiger charge is 2.27. The number of hydrogen-bond donors (Lipinski definition) is 1. The largest absolute Gasteiger partial charge is 0.361 e. The van der Waals surface area contributed by atoms with Crippen molar-refractivity contribution >= 4 is 33.1 Å². The second-order valence-electron chi connectivity index (χ2n) is 3.59. The van der Waals surface area contributed by atoms with Crippen LogP contribution in [0.5, 0.6) is 0 Å². The Kier molecular flexibility index (Phi) is 2.38. The Bertz CT molecular complexity index is 518. The van der Waals surface area contributed by atoms with Crippen molar-refractivity contribution in [2.24, 2.45) is 0 Å². The number of nitrogens with one attached hydrogen (secondary N) is 1. The molecule has 1 unspecified atom stereocenters. The molecule has 2 nitrogen and oxygen atoms in total. The molecule has 0 fully saturated rings. The average Bonchev–Trinajstić information content (AvgIpc) is 2.61. The highest BCUT2D eigenvalue weighted by molar-refractivity contribution is 9.10. The molecule has 0 saturated heterocycles. The number of carbonyl (C=O) groups excluding carboxylic acids is 1. The lowest BCUT2D eigenvalue weighted by molar-refractivity contribution is -0.117. The molecule has 15 heavy (non-hydrogen) atoms. The number of alkyl halides is 1. The Balaban J connectivity index is 2.69. The van der Waals surface area contributed by atoms with Crippen LogP contribution in [0.15, 0.2) is 28.9 Å². The molecule has 0 radical (unpaired) electrons. The van der Waals surface area contributed by atoms with Crippen molar-refractivity contribution in [3.05, 3.63) is 34.4 Å². The number of aldehydes is 1. The van der Waals surface area contributed by atoms with E-state index in [1.807, 2.05) is 12.1 Å². The van der Waals surface area contributed by atoms with Gasteiger partial charge in [-0.3, -0.25) is 4.79 Å². The first-order valence-electron chi connectivity index (χ1n) is 4.47. The summed E-state index contributed by atoms with van der Waals surface area (Å²) in [7, 11) is 0. The Labute approximate surface area is 94.6 Å². The van der Waals surface area contributed by atoms with Gasteiger partial charge >= 0.3 is 0 Å². The summed E-state index contributed by atoms with van der Waals surface area (Å²) in [6, 6.07) is 5.45. The molecular weight excluding hydrogens is 261 g/mol. The molecule has 2 rings (SSSR count). The fourth-order valence-corrected chi connectivity index (χ4v) is 1.93. The Morgan fingerprint density at radius 2 is 2.27 bits per heavy atom. The van der Waals surface area contributed by atoms with Crippen LogP contribution in [0.1, 0.15) is 12.5 Å². The highest BCUT2D eigenvalue weighted by Crippen LogP contribution is 2.31. The monoisotopic (exact) mass is 269 g/mol. The van der Waals surface area contributed by atoms with Crippen LogP contribution in [0.4, 0.5) is 4.39 Å². The number of H-pyrrole nitrogens is 1. The predicted octanol–water partition coefficient (Wildman–Crippen LogP) is 3.31. The Morgan fingerprint density at radius 3 is 2.93 bits per heavy atom. The molecule has 1 atom stereocenters. The Morgan fingerprint density at radius 1 is 1.53 bits per heavy atom. The van der Waals surface area contributed by atoms with Gasteiger partial charge in [-0.2, -0.15) is 0 Å². The second kappa shape index (κ2) is 3.45. The van der Waals surface area contributed by atoms with Gasteiger partial charge in [-0.15, -0.1) is 0 Å². The summed E-state index contributed by atoms with van der Waals surface area (Å²) in [6.07, 6.45) is 1.85. The smallest absolute Gasteiger partial charge is 0.190 e. The number of hydrogen-bond acceptors (Lipinski definition) is 1. The molecule has 0 aliphatic heterocycles. The molecule has 0 aliphatic rings. The maximum atomic E-state index is 13.8. The summed E-state index contributed by atoms with van der Waals surface area (Å²) in [6.45, 7) is 1.25. The van der Waals surface area contributed by atoms with Gasteiger partial charge in [-0.1, -0.05) is 22.0 Å². The third kappa shape index (κ3) is 1.69. The van der Waals surface area contributed by atoms with E-state index in [4.69, 9.17) is 0 Å². The summed E-state index contributed by atoms with van der Waals surface area (Å²) >= 11 is 3.33. The molecular formula is C11H9BrFNO. The van der Waals surface area contributed by atoms with Crippen LogP contribution in [-0.4, -0.2) is 11.3 Å². The third-order valence-corrected chi connectivity index (χ3v) is 2.89. The predicted molar refractivity (Wildman–Crippen MR) is 60.5 cm³/mol. The molecule has 2 aromatic rings. The minimum Gasteiger partial charge on any atom is -0.361 e. The van der Waals surface area contributed by atoms with Crippen LogP contribution >= 0.6 is 15.9 Å². The number of aromatic amines is 1. The van der Waals surface area contributed by atoms with Crippen LogP contribution in [0, 0.1) is 0 Å². The van der Waals surface area contributed by atoms with Gasteiger partial charge in [-0.05, 0) is 19.1 Å². The molecule has 0 bridgehead atoms. The van der Waals surface area contributed by atoms with E-state index in [-0.39, 0.29) is 0 Å². The van der Waals surface area contributed by atoms with Crippen LogP contribution in [0.25, 0.3) is 10.9 Å². The zero-order valence-corrected chi connectivity index (χ0v) is 9.64. The van der Waals surface area contributed by atoms with Crippen LogP contribution < -0.4 is 0 Å². The average molecular weight is 270 g/mol. The maximum absolute atomic E-state index is 13.8. The molecule has 1 N–H and O–H groups in total. The molecule has 0 aliphatic carbocycles. The van der Waals surface area contributed by atoms with Crippen molar-refractivity contribution in [3.8, 4) is 0 Å². The topological polar surface area (TPSA) is 32.9 Å². The van der Waals surface area contributed by atoms with E-state index in [2.05, 4.69) is 20.9 Å². The number of rotatable bonds is 2. The third-order valence-electron chi connectivity index (χ3n) is 2.39. The standard InChI is InChI=1S/C11H9BrFNO/c1-11(13,6-15)9-5-14-10-4-7(12)2-3-8(9)10/h2-6,14H,1H3. The van der Waals surface area contributed by atoms with E-state index in [9.17, 15) is 9.18 Å². The maximum Gasteiger partial charge on any atom is 0.190 e. The van der Waals surface area contributed by atoms with E-state index in [0.717, 1.165) is 15.4 Å². The SMILES string of the molecule is CC(F)(C=O)c1c[nH]c2cc(Br)ccc12. The number of carbonyl (C=O) groups is 1. The van der Waals surface area contributed by atoms with Crippen molar-refractivity contribution in [2.75, 3.05) is 0 Å². The molecule has 0 amide bonds. The first-order chi connectivity index (χ1) is 7.04. The lowest BCUT2D eigenvalue weighted by Crippen LogP contribution is -2.15. The van der Waals surface area contributed by atoms with E-state index in [0.29, 0.717) is 11.8 Å². The van der Waals surface area contributed by atoms with E-state index < -0.39 is 5.67 Å². The van der Waals surface area contributed by atoms with Crippen LogP contribution in [0.3, 0.4) is 0 Å². The first-order valence-corrected chi connectivity index (χ1v) is 5.26. The fraction of sp³-hybridized carbons (Fsp3) is 0.182. The molecule has 1 aromatic carbocycles. The Hall–Kier alpha value is -1.16. The van der Waals surface area contributed by atoms with Crippen molar-refractivity contribution < 1.29 is 9.18 Å². The molecule has 4 heteroatoms. The van der Waals surface area contributed by atoms with Crippen molar-refractivity contribution in [2.45, 2.75) is 12.6 Å². The minimum absolute atomic E-state index is 0.317. The van der Waals surface area contributed by atoms with Gasteiger partial charge in [0.25, 0.3) is 0 Å². The summed E-state index contributed by atoms with van der Waals surface area (Å²) in [5.74, 6) is 0. The van der Waals surface area contributed by atoms with E-state index >= 15 is 0 Å². The first kappa shape index (κ1) is 10.4. The summed E-state index contributed by atoms with van der Waals surface area (Å²) in [5, 5.41) is 0.732. The molecule has 78 valence electrons. The highest BCUT2D eigenvalue weighted by atomic mass is 79.9. The number of halogens is 2.